The van der Waals surface area contributed by atoms with Gasteiger partial charge < -0.3 is 9.80 Å². The second-order valence-electron chi connectivity index (χ2n) is 6.11. The summed E-state index contributed by atoms with van der Waals surface area (Å²) in [7, 11) is 0. The van der Waals surface area contributed by atoms with Crippen molar-refractivity contribution in [2.45, 2.75) is 24.9 Å². The Bertz CT molecular complexity index is 508. The highest BCUT2D eigenvalue weighted by Crippen LogP contribution is 2.47. The number of amides is 1. The number of anilines is 1. The lowest BCUT2D eigenvalue weighted by Crippen LogP contribution is -2.61. The third-order valence-corrected chi connectivity index (χ3v) is 5.37. The van der Waals surface area contributed by atoms with Gasteiger partial charge in [-0.1, -0.05) is 0 Å². The molecule has 1 amide bonds. The smallest absolute Gasteiger partial charge is 0.260 e. The van der Waals surface area contributed by atoms with Gasteiger partial charge in [0.05, 0.1) is 0 Å². The van der Waals surface area contributed by atoms with E-state index < -0.39 is 5.67 Å². The molecule has 3 aliphatic rings. The molecular weight excluding hydrogens is 265 g/mol. The first kappa shape index (κ1) is 11.6. The fourth-order valence-electron chi connectivity index (χ4n) is 3.24. The third-order valence-electron chi connectivity index (χ3n) is 4.54. The van der Waals surface area contributed by atoms with E-state index in [1.54, 1.807) is 16.2 Å². The number of likely N-dealkylation sites (tertiary alicyclic amines) is 1. The molecule has 1 aliphatic carbocycles. The van der Waals surface area contributed by atoms with Crippen molar-refractivity contribution in [3.05, 3.63) is 11.6 Å². The zero-order valence-corrected chi connectivity index (χ0v) is 11.5. The number of alkyl halides is 1. The van der Waals surface area contributed by atoms with E-state index in [1.165, 1.54) is 0 Å². The van der Waals surface area contributed by atoms with E-state index in [0.29, 0.717) is 12.8 Å². The minimum absolute atomic E-state index is 0.187. The lowest BCUT2D eigenvalue weighted by molar-refractivity contribution is -0.149. The average Bonchev–Trinajstić information content (AvgIpc) is 2.87. The van der Waals surface area contributed by atoms with Crippen molar-refractivity contribution in [2.24, 2.45) is 5.41 Å². The van der Waals surface area contributed by atoms with Crippen LogP contribution in [0, 0.1) is 5.41 Å². The van der Waals surface area contributed by atoms with Crippen LogP contribution in [-0.4, -0.2) is 47.6 Å². The summed E-state index contributed by atoms with van der Waals surface area (Å²) < 4.78 is 13.7. The van der Waals surface area contributed by atoms with E-state index in [9.17, 15) is 9.18 Å². The molecular formula is C13H16FN3OS. The molecule has 4 rings (SSSR count). The number of rotatable bonds is 2. The Balaban J connectivity index is 1.39. The molecule has 3 fully saturated rings. The molecule has 3 heterocycles. The summed E-state index contributed by atoms with van der Waals surface area (Å²) in [5.41, 5.74) is -1.32. The van der Waals surface area contributed by atoms with Gasteiger partial charge in [0, 0.05) is 43.2 Å². The summed E-state index contributed by atoms with van der Waals surface area (Å²) in [6, 6.07) is 0. The topological polar surface area (TPSA) is 36.4 Å². The predicted octanol–water partition coefficient (Wildman–Crippen LogP) is 1.68. The lowest BCUT2D eigenvalue weighted by atomic mass is 9.79. The van der Waals surface area contributed by atoms with E-state index in [2.05, 4.69) is 9.88 Å². The molecule has 6 heteroatoms. The minimum Gasteiger partial charge on any atom is -0.347 e. The number of nitrogens with zero attached hydrogens (tertiary/aromatic N) is 3. The first-order chi connectivity index (χ1) is 9.10. The number of hydrogen-bond donors (Lipinski definition) is 0. The molecule has 1 spiro atoms. The highest BCUT2D eigenvalue weighted by Gasteiger charge is 2.58. The number of hydrogen-bond acceptors (Lipinski definition) is 4. The normalized spacial score (nSPS) is 26.6. The Hall–Kier alpha value is -1.17. The molecule has 0 N–H and O–H groups in total. The van der Waals surface area contributed by atoms with E-state index in [-0.39, 0.29) is 11.3 Å². The van der Waals surface area contributed by atoms with E-state index in [0.717, 1.165) is 37.7 Å². The van der Waals surface area contributed by atoms with Crippen molar-refractivity contribution in [1.82, 2.24) is 9.88 Å². The standard InChI is InChI=1S/C13H16FN3OS/c14-13(1-2-13)10(18)17-8-12(9-17)3-5-16(7-12)11-15-4-6-19-11/h4,6H,1-3,5,7-9H2. The third kappa shape index (κ3) is 1.76. The van der Waals surface area contributed by atoms with Crippen LogP contribution in [0.1, 0.15) is 19.3 Å². The van der Waals surface area contributed by atoms with E-state index in [4.69, 9.17) is 0 Å². The Labute approximate surface area is 115 Å². The van der Waals surface area contributed by atoms with Gasteiger partial charge in [0.1, 0.15) is 0 Å². The van der Waals surface area contributed by atoms with Gasteiger partial charge in [-0.2, -0.15) is 0 Å². The van der Waals surface area contributed by atoms with Gasteiger partial charge in [0.2, 0.25) is 0 Å². The largest absolute Gasteiger partial charge is 0.347 e. The first-order valence-electron chi connectivity index (χ1n) is 6.73. The van der Waals surface area contributed by atoms with Crippen LogP contribution in [0.5, 0.6) is 0 Å². The van der Waals surface area contributed by atoms with Crippen LogP contribution < -0.4 is 4.90 Å². The number of halogens is 1. The van der Waals surface area contributed by atoms with Crippen molar-refractivity contribution in [1.29, 1.82) is 0 Å². The van der Waals surface area contributed by atoms with Crippen LogP contribution in [-0.2, 0) is 4.79 Å². The minimum atomic E-state index is -1.50. The van der Waals surface area contributed by atoms with Crippen LogP contribution >= 0.6 is 11.3 Å². The zero-order chi connectivity index (χ0) is 13.1. The molecule has 2 saturated heterocycles. The van der Waals surface area contributed by atoms with E-state index in [1.807, 2.05) is 11.6 Å². The number of carbonyl (C=O) groups excluding carboxylic acids is 1. The molecule has 4 nitrogen and oxygen atoms in total. The quantitative estimate of drug-likeness (QED) is 0.827. The second-order valence-corrected chi connectivity index (χ2v) is 6.99. The molecule has 19 heavy (non-hydrogen) atoms. The highest BCUT2D eigenvalue weighted by molar-refractivity contribution is 7.13. The van der Waals surface area contributed by atoms with Gasteiger partial charge >= 0.3 is 0 Å². The fraction of sp³-hybridized carbons (Fsp3) is 0.692. The molecule has 1 aromatic rings. The molecule has 0 aromatic carbocycles. The van der Waals surface area contributed by atoms with Crippen molar-refractivity contribution in [2.75, 3.05) is 31.1 Å². The van der Waals surface area contributed by atoms with Gasteiger partial charge in [-0.05, 0) is 19.3 Å². The second kappa shape index (κ2) is 3.69. The van der Waals surface area contributed by atoms with E-state index >= 15 is 0 Å². The van der Waals surface area contributed by atoms with Crippen molar-refractivity contribution in [3.63, 3.8) is 0 Å². The Morgan fingerprint density at radius 1 is 1.32 bits per heavy atom. The van der Waals surface area contributed by atoms with Gasteiger partial charge in [-0.25, -0.2) is 9.37 Å². The maximum atomic E-state index is 13.7. The summed E-state index contributed by atoms with van der Waals surface area (Å²) in [4.78, 5) is 20.2. The molecule has 2 aliphatic heterocycles. The highest BCUT2D eigenvalue weighted by atomic mass is 32.1. The molecule has 102 valence electrons. The van der Waals surface area contributed by atoms with Gasteiger partial charge in [0.25, 0.3) is 5.91 Å². The number of aromatic nitrogens is 1. The van der Waals surface area contributed by atoms with Crippen LogP contribution in [0.2, 0.25) is 0 Å². The lowest BCUT2D eigenvalue weighted by Gasteiger charge is -2.48. The van der Waals surface area contributed by atoms with Gasteiger partial charge in [-0.3, -0.25) is 4.79 Å². The average molecular weight is 281 g/mol. The molecule has 0 unspecified atom stereocenters. The number of carbonyl (C=O) groups is 1. The summed E-state index contributed by atoms with van der Waals surface area (Å²) in [6.45, 7) is 3.39. The monoisotopic (exact) mass is 281 g/mol. The van der Waals surface area contributed by atoms with Crippen molar-refractivity contribution in [3.8, 4) is 0 Å². The summed E-state index contributed by atoms with van der Waals surface area (Å²) >= 11 is 1.65. The van der Waals surface area contributed by atoms with Crippen molar-refractivity contribution >= 4 is 22.4 Å². The fourth-order valence-corrected chi connectivity index (χ4v) is 3.91. The Morgan fingerprint density at radius 2 is 2.11 bits per heavy atom. The maximum absolute atomic E-state index is 13.7. The summed E-state index contributed by atoms with van der Waals surface area (Å²) in [6.07, 6.45) is 3.73. The Morgan fingerprint density at radius 3 is 2.74 bits per heavy atom. The predicted molar refractivity (Wildman–Crippen MR) is 71.0 cm³/mol. The summed E-state index contributed by atoms with van der Waals surface area (Å²) in [5, 5.41) is 3.04. The number of thiazole rings is 1. The molecule has 0 radical (unpaired) electrons. The van der Waals surface area contributed by atoms with Crippen LogP contribution in [0.15, 0.2) is 11.6 Å². The zero-order valence-electron chi connectivity index (χ0n) is 10.6. The Kier molecular flexibility index (Phi) is 2.26. The molecule has 1 saturated carbocycles. The molecule has 1 aromatic heterocycles. The SMILES string of the molecule is O=C(N1CC2(CCN(c3nccs3)C2)C1)C1(F)CC1. The van der Waals surface area contributed by atoms with Crippen LogP contribution in [0.25, 0.3) is 0 Å². The van der Waals surface area contributed by atoms with Crippen molar-refractivity contribution < 1.29 is 9.18 Å². The van der Waals surface area contributed by atoms with Gasteiger partial charge in [-0.15, -0.1) is 11.3 Å². The maximum Gasteiger partial charge on any atom is 0.260 e. The van der Waals surface area contributed by atoms with Crippen LogP contribution in [0.4, 0.5) is 9.52 Å². The van der Waals surface area contributed by atoms with Crippen LogP contribution in [0.3, 0.4) is 0 Å². The van der Waals surface area contributed by atoms with Gasteiger partial charge in [0.15, 0.2) is 10.8 Å². The first-order valence-corrected chi connectivity index (χ1v) is 7.61. The summed E-state index contributed by atoms with van der Waals surface area (Å²) in [5.74, 6) is -0.272. The molecule has 0 bridgehead atoms. The molecule has 0 atom stereocenters.